The normalized spacial score (nSPS) is 10.3. The number of benzene rings is 2. The lowest BCUT2D eigenvalue weighted by Gasteiger charge is -2.09. The quantitative estimate of drug-likeness (QED) is 0.394. The second-order valence-corrected chi connectivity index (χ2v) is 5.48. The highest BCUT2D eigenvalue weighted by atomic mass is 32.2. The van der Waals surface area contributed by atoms with Crippen LogP contribution in [0.5, 0.6) is 11.6 Å². The maximum absolute atomic E-state index is 11.1. The van der Waals surface area contributed by atoms with Crippen molar-refractivity contribution in [3.63, 3.8) is 0 Å². The molecule has 0 unspecified atom stereocenters. The van der Waals surface area contributed by atoms with E-state index in [0.29, 0.717) is 22.3 Å². The molecule has 0 aliphatic carbocycles. The van der Waals surface area contributed by atoms with Gasteiger partial charge in [-0.25, -0.2) is 4.98 Å². The molecule has 4 nitrogen and oxygen atoms in total. The molecule has 0 bridgehead atoms. The topological polar surface area (TPSA) is 52.1 Å². The molecule has 114 valence electrons. The largest absolute Gasteiger partial charge is 0.438 e. The van der Waals surface area contributed by atoms with Crippen LogP contribution < -0.4 is 4.74 Å². The summed E-state index contributed by atoms with van der Waals surface area (Å²) < 4.78 is 5.81. The van der Waals surface area contributed by atoms with Crippen LogP contribution in [0.3, 0.4) is 0 Å². The lowest BCUT2D eigenvalue weighted by Crippen LogP contribution is -1.96. The number of para-hydroxylation sites is 1. The Balaban J connectivity index is 2.01. The average molecular weight is 322 g/mol. The number of hydrogen-bond acceptors (Lipinski definition) is 5. The Morgan fingerprint density at radius 3 is 2.48 bits per heavy atom. The van der Waals surface area contributed by atoms with Gasteiger partial charge >= 0.3 is 0 Å². The molecule has 0 amide bonds. The van der Waals surface area contributed by atoms with E-state index in [1.807, 2.05) is 42.7 Å². The number of carbonyl (C=O) groups excluding carboxylic acids is 1. The van der Waals surface area contributed by atoms with Gasteiger partial charge in [-0.15, -0.1) is 0 Å². The lowest BCUT2D eigenvalue weighted by atomic mass is 10.1. The van der Waals surface area contributed by atoms with E-state index >= 15 is 0 Å². The van der Waals surface area contributed by atoms with Crippen molar-refractivity contribution in [3.05, 3.63) is 66.2 Å². The molecule has 0 saturated carbocycles. The molecule has 0 N–H and O–H groups in total. The number of thioether (sulfide) groups is 1. The molecule has 0 aliphatic rings. The van der Waals surface area contributed by atoms with Crippen LogP contribution in [0.4, 0.5) is 0 Å². The molecular formula is C18H14N2O2S. The molecule has 0 fully saturated rings. The molecule has 0 aliphatic heterocycles. The van der Waals surface area contributed by atoms with E-state index in [9.17, 15) is 4.79 Å². The summed E-state index contributed by atoms with van der Waals surface area (Å²) in [5.41, 5.74) is 2.25. The molecular weight excluding hydrogens is 308 g/mol. The molecule has 2 aromatic carbocycles. The van der Waals surface area contributed by atoms with Gasteiger partial charge in [0.2, 0.25) is 5.88 Å². The predicted octanol–water partition coefficient (Wildman–Crippen LogP) is 4.47. The van der Waals surface area contributed by atoms with Gasteiger partial charge in [-0.1, -0.05) is 54.2 Å². The first-order chi connectivity index (χ1) is 11.3. The minimum atomic E-state index is 0.414. The summed E-state index contributed by atoms with van der Waals surface area (Å²) in [6, 6.07) is 18.7. The van der Waals surface area contributed by atoms with E-state index in [1.165, 1.54) is 11.8 Å². The molecule has 0 saturated heterocycles. The zero-order valence-corrected chi connectivity index (χ0v) is 13.3. The molecule has 3 rings (SSSR count). The van der Waals surface area contributed by atoms with Crippen LogP contribution in [0.1, 0.15) is 10.4 Å². The number of rotatable bonds is 5. The van der Waals surface area contributed by atoms with Gasteiger partial charge in [0.1, 0.15) is 5.75 Å². The highest BCUT2D eigenvalue weighted by Crippen LogP contribution is 2.28. The molecule has 3 aromatic rings. The summed E-state index contributed by atoms with van der Waals surface area (Å²) in [6.07, 6.45) is 2.68. The smallest absolute Gasteiger partial charge is 0.223 e. The highest BCUT2D eigenvalue weighted by molar-refractivity contribution is 7.98. The summed E-state index contributed by atoms with van der Waals surface area (Å²) in [6.45, 7) is 0. The fourth-order valence-corrected chi connectivity index (χ4v) is 2.46. The van der Waals surface area contributed by atoms with Crippen molar-refractivity contribution in [2.24, 2.45) is 0 Å². The zero-order chi connectivity index (χ0) is 16.1. The fourth-order valence-electron chi connectivity index (χ4n) is 2.09. The maximum Gasteiger partial charge on any atom is 0.223 e. The van der Waals surface area contributed by atoms with Crippen molar-refractivity contribution in [2.75, 3.05) is 6.26 Å². The first-order valence-corrected chi connectivity index (χ1v) is 8.23. The summed E-state index contributed by atoms with van der Waals surface area (Å²) >= 11 is 1.44. The van der Waals surface area contributed by atoms with E-state index in [1.54, 1.807) is 24.3 Å². The lowest BCUT2D eigenvalue weighted by molar-refractivity contribution is 0.112. The van der Waals surface area contributed by atoms with Crippen LogP contribution in [0.25, 0.3) is 11.3 Å². The molecule has 0 radical (unpaired) electrons. The Morgan fingerprint density at radius 2 is 1.74 bits per heavy atom. The van der Waals surface area contributed by atoms with Crippen molar-refractivity contribution in [3.8, 4) is 22.9 Å². The standard InChI is InChI=1S/C18H14N2O2S/c1-23-18-19-15(13-7-3-2-4-8-13)11-17(20-18)22-16-10-6-5-9-14(16)12-21/h2-12H,1H3. The van der Waals surface area contributed by atoms with Crippen molar-refractivity contribution in [1.82, 2.24) is 9.97 Å². The molecule has 1 heterocycles. The first-order valence-electron chi connectivity index (χ1n) is 7.00. The number of ether oxygens (including phenoxy) is 1. The van der Waals surface area contributed by atoms with Crippen LogP contribution in [0.15, 0.2) is 65.8 Å². The molecule has 23 heavy (non-hydrogen) atoms. The molecule has 5 heteroatoms. The van der Waals surface area contributed by atoms with Crippen LogP contribution in [0, 0.1) is 0 Å². The van der Waals surface area contributed by atoms with Gasteiger partial charge in [0.25, 0.3) is 0 Å². The second-order valence-electron chi connectivity index (χ2n) is 4.70. The summed E-state index contributed by atoms with van der Waals surface area (Å²) in [7, 11) is 0. The number of aromatic nitrogens is 2. The number of aldehydes is 1. The number of carbonyl (C=O) groups is 1. The Kier molecular flexibility index (Phi) is 4.68. The monoisotopic (exact) mass is 322 g/mol. The zero-order valence-electron chi connectivity index (χ0n) is 12.5. The number of hydrogen-bond donors (Lipinski definition) is 0. The van der Waals surface area contributed by atoms with Crippen LogP contribution in [-0.4, -0.2) is 22.5 Å². The Labute approximate surface area is 138 Å². The predicted molar refractivity (Wildman–Crippen MR) is 91.2 cm³/mol. The van der Waals surface area contributed by atoms with Gasteiger partial charge in [-0.05, 0) is 18.4 Å². The Morgan fingerprint density at radius 1 is 1.00 bits per heavy atom. The van der Waals surface area contributed by atoms with Gasteiger partial charge in [0, 0.05) is 11.6 Å². The van der Waals surface area contributed by atoms with Crippen molar-refractivity contribution >= 4 is 18.0 Å². The minimum Gasteiger partial charge on any atom is -0.438 e. The minimum absolute atomic E-state index is 0.414. The molecule has 0 spiro atoms. The molecule has 0 atom stereocenters. The van der Waals surface area contributed by atoms with Gasteiger partial charge < -0.3 is 4.74 Å². The Bertz CT molecular complexity index is 822. The van der Waals surface area contributed by atoms with E-state index < -0.39 is 0 Å². The average Bonchev–Trinajstić information content (AvgIpc) is 2.62. The SMILES string of the molecule is CSc1nc(Oc2ccccc2C=O)cc(-c2ccccc2)n1. The maximum atomic E-state index is 11.1. The van der Waals surface area contributed by atoms with Crippen LogP contribution in [0.2, 0.25) is 0 Å². The highest BCUT2D eigenvalue weighted by Gasteiger charge is 2.10. The van der Waals surface area contributed by atoms with E-state index in [-0.39, 0.29) is 0 Å². The summed E-state index contributed by atoms with van der Waals surface area (Å²) in [5, 5.41) is 0.616. The van der Waals surface area contributed by atoms with Crippen molar-refractivity contribution < 1.29 is 9.53 Å². The van der Waals surface area contributed by atoms with Gasteiger partial charge in [-0.3, -0.25) is 4.79 Å². The summed E-state index contributed by atoms with van der Waals surface area (Å²) in [5.74, 6) is 0.893. The fraction of sp³-hybridized carbons (Fsp3) is 0.0556. The number of nitrogens with zero attached hydrogens (tertiary/aromatic N) is 2. The second kappa shape index (κ2) is 7.07. The third kappa shape index (κ3) is 3.57. The van der Waals surface area contributed by atoms with Crippen molar-refractivity contribution in [1.29, 1.82) is 0 Å². The van der Waals surface area contributed by atoms with Crippen molar-refractivity contribution in [2.45, 2.75) is 5.16 Å². The third-order valence-corrected chi connectivity index (χ3v) is 3.74. The van der Waals surface area contributed by atoms with E-state index in [4.69, 9.17) is 4.74 Å². The Hall–Kier alpha value is -2.66. The van der Waals surface area contributed by atoms with Gasteiger partial charge in [0.15, 0.2) is 11.4 Å². The van der Waals surface area contributed by atoms with Crippen LogP contribution in [-0.2, 0) is 0 Å². The van der Waals surface area contributed by atoms with E-state index in [0.717, 1.165) is 17.5 Å². The summed E-state index contributed by atoms with van der Waals surface area (Å²) in [4.78, 5) is 20.0. The third-order valence-electron chi connectivity index (χ3n) is 3.19. The van der Waals surface area contributed by atoms with Gasteiger partial charge in [0.05, 0.1) is 11.3 Å². The van der Waals surface area contributed by atoms with Gasteiger partial charge in [-0.2, -0.15) is 4.98 Å². The first kappa shape index (κ1) is 15.2. The molecule has 1 aromatic heterocycles. The van der Waals surface area contributed by atoms with E-state index in [2.05, 4.69) is 9.97 Å². The van der Waals surface area contributed by atoms with Crippen LogP contribution >= 0.6 is 11.8 Å².